The number of aryl methyl sites for hydroxylation is 1. The van der Waals surface area contributed by atoms with Crippen LogP contribution in [-0.2, 0) is 27.9 Å². The van der Waals surface area contributed by atoms with Gasteiger partial charge in [-0.15, -0.1) is 0 Å². The Morgan fingerprint density at radius 3 is 2.61 bits per heavy atom. The number of carbonyl (C=O) groups is 3. The Balaban J connectivity index is 2.28. The van der Waals surface area contributed by atoms with Gasteiger partial charge in [0.2, 0.25) is 0 Å². The van der Waals surface area contributed by atoms with Crippen molar-refractivity contribution >= 4 is 17.8 Å². The van der Waals surface area contributed by atoms with Gasteiger partial charge in [0.15, 0.2) is 0 Å². The molecule has 1 aliphatic heterocycles. The summed E-state index contributed by atoms with van der Waals surface area (Å²) < 4.78 is 6.10. The van der Waals surface area contributed by atoms with E-state index in [1.54, 1.807) is 7.05 Å². The van der Waals surface area contributed by atoms with E-state index in [1.165, 1.54) is 10.9 Å². The van der Waals surface area contributed by atoms with E-state index >= 15 is 0 Å². The van der Waals surface area contributed by atoms with E-state index in [0.717, 1.165) is 4.90 Å². The van der Waals surface area contributed by atoms with Crippen molar-refractivity contribution in [2.75, 3.05) is 13.2 Å². The second-order valence-corrected chi connectivity index (χ2v) is 3.80. The molecule has 8 heteroatoms. The number of amides is 2. The lowest BCUT2D eigenvalue weighted by molar-refractivity contribution is -0.159. The molecule has 0 aliphatic carbocycles. The molecule has 96 valence electrons. The SMILES string of the molecule is Cn1ncc(C(=O)O)c1CN1C(=O)COCC1=O. The quantitative estimate of drug-likeness (QED) is 0.693. The number of carboxylic acids is 1. The lowest BCUT2D eigenvalue weighted by Crippen LogP contribution is -2.46. The first-order chi connectivity index (χ1) is 8.50. The van der Waals surface area contributed by atoms with Gasteiger partial charge in [-0.25, -0.2) is 4.79 Å². The monoisotopic (exact) mass is 253 g/mol. The predicted octanol–water partition coefficient (Wildman–Crippen LogP) is -0.996. The molecule has 2 rings (SSSR count). The first-order valence-corrected chi connectivity index (χ1v) is 5.16. The summed E-state index contributed by atoms with van der Waals surface area (Å²) in [5, 5.41) is 12.8. The first kappa shape index (κ1) is 12.2. The van der Waals surface area contributed by atoms with Crippen molar-refractivity contribution in [1.82, 2.24) is 14.7 Å². The third-order valence-electron chi connectivity index (χ3n) is 2.65. The molecule has 1 aliphatic rings. The molecule has 0 atom stereocenters. The summed E-state index contributed by atoms with van der Waals surface area (Å²) >= 11 is 0. The highest BCUT2D eigenvalue weighted by atomic mass is 16.5. The number of carbonyl (C=O) groups excluding carboxylic acids is 2. The number of aromatic nitrogens is 2. The lowest BCUT2D eigenvalue weighted by Gasteiger charge is -2.24. The number of hydrogen-bond donors (Lipinski definition) is 1. The molecule has 0 radical (unpaired) electrons. The second-order valence-electron chi connectivity index (χ2n) is 3.80. The second kappa shape index (κ2) is 4.57. The van der Waals surface area contributed by atoms with Crippen molar-refractivity contribution in [2.24, 2.45) is 7.05 Å². The maximum atomic E-state index is 11.5. The Bertz CT molecular complexity index is 506. The Morgan fingerprint density at radius 1 is 1.44 bits per heavy atom. The van der Waals surface area contributed by atoms with Gasteiger partial charge in [-0.2, -0.15) is 5.10 Å². The van der Waals surface area contributed by atoms with Gasteiger partial charge in [-0.1, -0.05) is 0 Å². The average Bonchev–Trinajstić information content (AvgIpc) is 2.66. The Labute approximate surface area is 102 Å². The van der Waals surface area contributed by atoms with Gasteiger partial charge in [0, 0.05) is 7.05 Å². The molecule has 0 unspecified atom stereocenters. The summed E-state index contributed by atoms with van der Waals surface area (Å²) in [7, 11) is 1.55. The normalized spacial score (nSPS) is 16.2. The fourth-order valence-corrected chi connectivity index (χ4v) is 1.68. The molecule has 1 saturated heterocycles. The van der Waals surface area contributed by atoms with Crippen molar-refractivity contribution in [3.05, 3.63) is 17.5 Å². The van der Waals surface area contributed by atoms with Crippen molar-refractivity contribution in [3.8, 4) is 0 Å². The molecule has 8 nitrogen and oxygen atoms in total. The molecule has 0 saturated carbocycles. The maximum Gasteiger partial charge on any atom is 0.339 e. The standard InChI is InChI=1S/C10H11N3O5/c1-12-7(6(2-11-12)10(16)17)3-13-8(14)4-18-5-9(13)15/h2H,3-5H2,1H3,(H,16,17). The average molecular weight is 253 g/mol. The van der Waals surface area contributed by atoms with Gasteiger partial charge >= 0.3 is 5.97 Å². The molecule has 0 bridgehead atoms. The van der Waals surface area contributed by atoms with Crippen molar-refractivity contribution in [1.29, 1.82) is 0 Å². The van der Waals surface area contributed by atoms with Gasteiger partial charge in [-0.05, 0) is 0 Å². The number of nitrogens with zero attached hydrogens (tertiary/aromatic N) is 3. The third-order valence-corrected chi connectivity index (χ3v) is 2.65. The van der Waals surface area contributed by atoms with E-state index in [2.05, 4.69) is 5.10 Å². The van der Waals surface area contributed by atoms with Crippen LogP contribution in [0.4, 0.5) is 0 Å². The molecule has 2 heterocycles. The number of ether oxygens (including phenoxy) is 1. The first-order valence-electron chi connectivity index (χ1n) is 5.16. The zero-order valence-electron chi connectivity index (χ0n) is 9.62. The van der Waals surface area contributed by atoms with Crippen molar-refractivity contribution in [2.45, 2.75) is 6.54 Å². The van der Waals surface area contributed by atoms with Crippen LogP contribution in [0.1, 0.15) is 16.1 Å². The molecule has 0 aromatic carbocycles. The van der Waals surface area contributed by atoms with Crippen LogP contribution in [-0.4, -0.2) is 50.8 Å². The number of imide groups is 1. The van der Waals surface area contributed by atoms with Crippen LogP contribution in [0.15, 0.2) is 6.20 Å². The summed E-state index contributed by atoms with van der Waals surface area (Å²) in [5.41, 5.74) is 0.274. The van der Waals surface area contributed by atoms with E-state index in [1.807, 2.05) is 0 Å². The minimum absolute atomic E-state index is 0.0235. The van der Waals surface area contributed by atoms with Gasteiger partial charge < -0.3 is 9.84 Å². The minimum Gasteiger partial charge on any atom is -0.478 e. The van der Waals surface area contributed by atoms with Gasteiger partial charge in [0.1, 0.15) is 18.8 Å². The molecule has 1 N–H and O–H groups in total. The van der Waals surface area contributed by atoms with E-state index in [4.69, 9.17) is 9.84 Å². The largest absolute Gasteiger partial charge is 0.478 e. The molecule has 1 fully saturated rings. The predicted molar refractivity (Wildman–Crippen MR) is 56.5 cm³/mol. The Kier molecular flexibility index (Phi) is 3.11. The van der Waals surface area contributed by atoms with Crippen LogP contribution in [0, 0.1) is 0 Å². The highest BCUT2D eigenvalue weighted by Gasteiger charge is 2.29. The van der Waals surface area contributed by atoms with Crippen LogP contribution in [0.2, 0.25) is 0 Å². The molecule has 18 heavy (non-hydrogen) atoms. The van der Waals surface area contributed by atoms with Crippen molar-refractivity contribution in [3.63, 3.8) is 0 Å². The fourth-order valence-electron chi connectivity index (χ4n) is 1.68. The van der Waals surface area contributed by atoms with E-state index in [0.29, 0.717) is 5.69 Å². The number of hydrogen-bond acceptors (Lipinski definition) is 5. The van der Waals surface area contributed by atoms with Crippen molar-refractivity contribution < 1.29 is 24.2 Å². The zero-order chi connectivity index (χ0) is 13.3. The van der Waals surface area contributed by atoms with E-state index in [-0.39, 0.29) is 25.3 Å². The highest BCUT2D eigenvalue weighted by Crippen LogP contribution is 2.13. The molecule has 1 aromatic rings. The Hall–Kier alpha value is -2.22. The number of rotatable bonds is 3. The minimum atomic E-state index is -1.15. The summed E-state index contributed by atoms with van der Waals surface area (Å²) in [5.74, 6) is -2.11. The van der Waals surface area contributed by atoms with E-state index in [9.17, 15) is 14.4 Å². The van der Waals surface area contributed by atoms with Crippen LogP contribution < -0.4 is 0 Å². The number of carboxylic acid groups (broad SMARTS) is 1. The summed E-state index contributed by atoms with van der Waals surface area (Å²) in [6.07, 6.45) is 1.19. The lowest BCUT2D eigenvalue weighted by atomic mass is 10.2. The van der Waals surface area contributed by atoms with Gasteiger partial charge in [0.25, 0.3) is 11.8 Å². The third kappa shape index (κ3) is 2.09. The van der Waals surface area contributed by atoms with Gasteiger partial charge in [0.05, 0.1) is 18.4 Å². The molecule has 2 amide bonds. The van der Waals surface area contributed by atoms with Crippen LogP contribution in [0.3, 0.4) is 0 Å². The molecular weight excluding hydrogens is 242 g/mol. The summed E-state index contributed by atoms with van der Waals surface area (Å²) in [6.45, 7) is -0.461. The van der Waals surface area contributed by atoms with Crippen LogP contribution in [0.5, 0.6) is 0 Å². The number of morpholine rings is 1. The topological polar surface area (TPSA) is 102 Å². The summed E-state index contributed by atoms with van der Waals surface area (Å²) in [6, 6.07) is 0. The Morgan fingerprint density at radius 2 is 2.06 bits per heavy atom. The van der Waals surface area contributed by atoms with Crippen LogP contribution >= 0.6 is 0 Å². The molecular formula is C10H11N3O5. The molecule has 1 aromatic heterocycles. The fraction of sp³-hybridized carbons (Fsp3) is 0.400. The smallest absolute Gasteiger partial charge is 0.339 e. The van der Waals surface area contributed by atoms with Crippen LogP contribution in [0.25, 0.3) is 0 Å². The van der Waals surface area contributed by atoms with E-state index < -0.39 is 17.8 Å². The zero-order valence-corrected chi connectivity index (χ0v) is 9.62. The highest BCUT2D eigenvalue weighted by molar-refractivity contribution is 5.98. The maximum absolute atomic E-state index is 11.5. The molecule has 0 spiro atoms. The number of aromatic carboxylic acids is 1. The van der Waals surface area contributed by atoms with Gasteiger partial charge in [-0.3, -0.25) is 19.2 Å². The summed E-state index contributed by atoms with van der Waals surface area (Å²) in [4.78, 5) is 35.0.